The Morgan fingerprint density at radius 3 is 2.48 bits per heavy atom. The number of carbonyl (C=O) groups is 1. The first-order valence-corrected chi connectivity index (χ1v) is 8.92. The zero-order valence-corrected chi connectivity index (χ0v) is 15.2. The number of esters is 1. The van der Waals surface area contributed by atoms with Gasteiger partial charge in [-0.05, 0) is 79.1 Å². The first-order valence-electron chi connectivity index (χ1n) is 8.92. The zero-order chi connectivity index (χ0) is 17.9. The Bertz CT molecular complexity index is 833. The minimum atomic E-state index is -0.293. The summed E-state index contributed by atoms with van der Waals surface area (Å²) in [4.78, 5) is 11.7. The molecule has 2 aromatic rings. The Morgan fingerprint density at radius 1 is 1.08 bits per heavy atom. The molecule has 25 heavy (non-hydrogen) atoms. The van der Waals surface area contributed by atoms with Crippen LogP contribution in [0.15, 0.2) is 42.5 Å². The highest BCUT2D eigenvalue weighted by Crippen LogP contribution is 2.36. The largest absolute Gasteiger partial charge is 0.462 e. The number of fused-ring (bicyclic) bond motifs is 1. The SMILES string of the molecule is CCOC(=O)c1ccc(C#Cc2ccc3c(c2)C(C)(C)CCC3)cc1. The highest BCUT2D eigenvalue weighted by molar-refractivity contribution is 5.89. The Labute approximate surface area is 150 Å². The summed E-state index contributed by atoms with van der Waals surface area (Å²) in [6.45, 7) is 6.82. The van der Waals surface area contributed by atoms with Crippen LogP contribution in [0.3, 0.4) is 0 Å². The predicted octanol–water partition coefficient (Wildman–Crippen LogP) is 4.88. The average Bonchev–Trinajstić information content (AvgIpc) is 2.61. The van der Waals surface area contributed by atoms with E-state index in [-0.39, 0.29) is 11.4 Å². The van der Waals surface area contributed by atoms with Crippen LogP contribution in [0.2, 0.25) is 0 Å². The Kier molecular flexibility index (Phi) is 4.95. The summed E-state index contributed by atoms with van der Waals surface area (Å²) >= 11 is 0. The monoisotopic (exact) mass is 332 g/mol. The topological polar surface area (TPSA) is 26.3 Å². The van der Waals surface area contributed by atoms with E-state index in [1.807, 2.05) is 12.1 Å². The van der Waals surface area contributed by atoms with Crippen molar-refractivity contribution in [3.8, 4) is 11.8 Å². The maximum absolute atomic E-state index is 11.7. The molecule has 1 aliphatic carbocycles. The van der Waals surface area contributed by atoms with Gasteiger partial charge >= 0.3 is 5.97 Å². The van der Waals surface area contributed by atoms with Crippen molar-refractivity contribution in [2.24, 2.45) is 0 Å². The normalized spacial score (nSPS) is 14.8. The highest BCUT2D eigenvalue weighted by atomic mass is 16.5. The van der Waals surface area contributed by atoms with Gasteiger partial charge in [-0.1, -0.05) is 31.8 Å². The van der Waals surface area contributed by atoms with Gasteiger partial charge in [0.05, 0.1) is 12.2 Å². The second-order valence-corrected chi connectivity index (χ2v) is 7.16. The molecule has 2 aromatic carbocycles. The maximum Gasteiger partial charge on any atom is 0.338 e. The Hall–Kier alpha value is -2.53. The van der Waals surface area contributed by atoms with Crippen molar-refractivity contribution in [1.82, 2.24) is 0 Å². The van der Waals surface area contributed by atoms with E-state index >= 15 is 0 Å². The molecule has 0 heterocycles. The van der Waals surface area contributed by atoms with Crippen molar-refractivity contribution in [3.05, 3.63) is 70.3 Å². The van der Waals surface area contributed by atoms with E-state index in [1.54, 1.807) is 19.1 Å². The number of aryl methyl sites for hydroxylation is 1. The molecule has 0 N–H and O–H groups in total. The van der Waals surface area contributed by atoms with Crippen LogP contribution in [0.1, 0.15) is 66.2 Å². The van der Waals surface area contributed by atoms with Gasteiger partial charge in [-0.15, -0.1) is 0 Å². The summed E-state index contributed by atoms with van der Waals surface area (Å²) in [5.41, 5.74) is 5.62. The van der Waals surface area contributed by atoms with Crippen molar-refractivity contribution in [2.75, 3.05) is 6.61 Å². The van der Waals surface area contributed by atoms with E-state index in [2.05, 4.69) is 43.9 Å². The molecule has 0 spiro atoms. The number of hydrogen-bond donors (Lipinski definition) is 0. The number of rotatable bonds is 2. The molecule has 0 fully saturated rings. The lowest BCUT2D eigenvalue weighted by Crippen LogP contribution is -2.23. The second-order valence-electron chi connectivity index (χ2n) is 7.16. The molecular formula is C23H24O2. The van der Waals surface area contributed by atoms with E-state index in [0.717, 1.165) is 11.1 Å². The van der Waals surface area contributed by atoms with E-state index in [9.17, 15) is 4.79 Å². The minimum absolute atomic E-state index is 0.229. The molecular weight excluding hydrogens is 308 g/mol. The van der Waals surface area contributed by atoms with Crippen molar-refractivity contribution in [3.63, 3.8) is 0 Å². The first-order chi connectivity index (χ1) is 12.0. The second kappa shape index (κ2) is 7.15. The quantitative estimate of drug-likeness (QED) is 0.579. The number of carbonyl (C=O) groups excluding carboxylic acids is 1. The van der Waals surface area contributed by atoms with Crippen LogP contribution in [0, 0.1) is 11.8 Å². The van der Waals surface area contributed by atoms with E-state index in [1.165, 1.54) is 30.4 Å². The van der Waals surface area contributed by atoms with Gasteiger partial charge in [-0.2, -0.15) is 0 Å². The van der Waals surface area contributed by atoms with E-state index in [0.29, 0.717) is 12.2 Å². The summed E-state index contributed by atoms with van der Waals surface area (Å²) < 4.78 is 4.99. The molecule has 0 unspecified atom stereocenters. The van der Waals surface area contributed by atoms with Crippen LogP contribution in [0.5, 0.6) is 0 Å². The van der Waals surface area contributed by atoms with Gasteiger partial charge in [0.25, 0.3) is 0 Å². The van der Waals surface area contributed by atoms with Crippen LogP contribution in [-0.2, 0) is 16.6 Å². The molecule has 1 aliphatic rings. The standard InChI is InChI=1S/C23H24O2/c1-4-25-22(24)20-13-9-17(10-14-20)7-8-18-11-12-19-6-5-15-23(2,3)21(19)16-18/h9-14,16H,4-6,15H2,1-3H3. The Morgan fingerprint density at radius 2 is 1.76 bits per heavy atom. The molecule has 0 radical (unpaired) electrons. The number of benzene rings is 2. The summed E-state index contributed by atoms with van der Waals surface area (Å²) in [5, 5.41) is 0. The van der Waals surface area contributed by atoms with Gasteiger partial charge in [0, 0.05) is 11.1 Å². The molecule has 2 heteroatoms. The van der Waals surface area contributed by atoms with Crippen LogP contribution in [0.25, 0.3) is 0 Å². The Balaban J connectivity index is 1.81. The molecule has 3 rings (SSSR count). The molecule has 0 aliphatic heterocycles. The summed E-state index contributed by atoms with van der Waals surface area (Å²) in [7, 11) is 0. The molecule has 0 amide bonds. The predicted molar refractivity (Wildman–Crippen MR) is 101 cm³/mol. The summed E-state index contributed by atoms with van der Waals surface area (Å²) in [5.74, 6) is 6.15. The summed E-state index contributed by atoms with van der Waals surface area (Å²) in [6.07, 6.45) is 3.66. The fourth-order valence-corrected chi connectivity index (χ4v) is 3.41. The third kappa shape index (κ3) is 3.94. The fraction of sp³-hybridized carbons (Fsp3) is 0.348. The third-order valence-corrected chi connectivity index (χ3v) is 4.83. The lowest BCUT2D eigenvalue weighted by atomic mass is 9.72. The van der Waals surface area contributed by atoms with E-state index in [4.69, 9.17) is 4.74 Å². The van der Waals surface area contributed by atoms with Crippen LogP contribution >= 0.6 is 0 Å². The van der Waals surface area contributed by atoms with Crippen molar-refractivity contribution < 1.29 is 9.53 Å². The van der Waals surface area contributed by atoms with Crippen molar-refractivity contribution >= 4 is 5.97 Å². The van der Waals surface area contributed by atoms with Gasteiger partial charge in [-0.3, -0.25) is 0 Å². The van der Waals surface area contributed by atoms with Gasteiger partial charge in [0.2, 0.25) is 0 Å². The van der Waals surface area contributed by atoms with Crippen LogP contribution < -0.4 is 0 Å². The zero-order valence-electron chi connectivity index (χ0n) is 15.2. The lowest BCUT2D eigenvalue weighted by Gasteiger charge is -2.32. The fourth-order valence-electron chi connectivity index (χ4n) is 3.41. The van der Waals surface area contributed by atoms with Crippen molar-refractivity contribution in [1.29, 1.82) is 0 Å². The smallest absolute Gasteiger partial charge is 0.338 e. The van der Waals surface area contributed by atoms with Gasteiger partial charge < -0.3 is 4.74 Å². The lowest BCUT2D eigenvalue weighted by molar-refractivity contribution is 0.0526. The highest BCUT2D eigenvalue weighted by Gasteiger charge is 2.27. The molecule has 128 valence electrons. The molecule has 0 atom stereocenters. The molecule has 2 nitrogen and oxygen atoms in total. The maximum atomic E-state index is 11.7. The molecule has 0 aromatic heterocycles. The van der Waals surface area contributed by atoms with Crippen LogP contribution in [-0.4, -0.2) is 12.6 Å². The number of ether oxygens (including phenoxy) is 1. The molecule has 0 saturated heterocycles. The number of hydrogen-bond acceptors (Lipinski definition) is 2. The summed E-state index contributed by atoms with van der Waals surface area (Å²) in [6, 6.07) is 13.8. The van der Waals surface area contributed by atoms with Gasteiger partial charge in [-0.25, -0.2) is 4.79 Å². The molecule has 0 saturated carbocycles. The average molecular weight is 332 g/mol. The van der Waals surface area contributed by atoms with Crippen molar-refractivity contribution in [2.45, 2.75) is 45.4 Å². The third-order valence-electron chi connectivity index (χ3n) is 4.83. The van der Waals surface area contributed by atoms with Gasteiger partial charge in [0.1, 0.15) is 0 Å². The van der Waals surface area contributed by atoms with E-state index < -0.39 is 0 Å². The minimum Gasteiger partial charge on any atom is -0.462 e. The van der Waals surface area contributed by atoms with Crippen LogP contribution in [0.4, 0.5) is 0 Å². The molecule has 0 bridgehead atoms. The van der Waals surface area contributed by atoms with Gasteiger partial charge in [0.15, 0.2) is 0 Å². The first kappa shape index (κ1) is 17.3.